The third kappa shape index (κ3) is 4.67. The monoisotopic (exact) mass is 642 g/mol. The molecular weight excluding hydrogens is 576 g/mol. The minimum atomic E-state index is -0.905. The highest BCUT2D eigenvalue weighted by atomic mass is 16.7. The zero-order valence-electron chi connectivity index (χ0n) is 30.2. The van der Waals surface area contributed by atoms with Gasteiger partial charge in [0.25, 0.3) is 0 Å². The summed E-state index contributed by atoms with van der Waals surface area (Å²) < 4.78 is 26.4. The molecule has 12 atom stereocenters. The van der Waals surface area contributed by atoms with E-state index in [4.69, 9.17) is 18.9 Å². The summed E-state index contributed by atoms with van der Waals surface area (Å²) in [6.07, 6.45) is 13.0. The number of morpholine rings is 1. The van der Waals surface area contributed by atoms with Crippen molar-refractivity contribution in [3.8, 4) is 0 Å². The second kappa shape index (κ2) is 11.1. The molecule has 0 radical (unpaired) electrons. The van der Waals surface area contributed by atoms with Gasteiger partial charge in [0.15, 0.2) is 6.29 Å². The third-order valence-electron chi connectivity index (χ3n) is 16.6. The van der Waals surface area contributed by atoms with Crippen LogP contribution in [0.3, 0.4) is 0 Å². The first-order chi connectivity index (χ1) is 21.8. The Morgan fingerprint density at radius 2 is 1.76 bits per heavy atom. The van der Waals surface area contributed by atoms with Crippen molar-refractivity contribution in [3.05, 3.63) is 0 Å². The Hall–Kier alpha value is -0.280. The van der Waals surface area contributed by atoms with Crippen molar-refractivity contribution in [2.45, 2.75) is 149 Å². The van der Waals surface area contributed by atoms with Gasteiger partial charge in [0.2, 0.25) is 0 Å². The van der Waals surface area contributed by atoms with E-state index in [1.165, 1.54) is 64.3 Å². The summed E-state index contributed by atoms with van der Waals surface area (Å²) in [5.41, 5.74) is 0.851. The lowest BCUT2D eigenvalue weighted by Gasteiger charge is -2.61. The second-order valence-electron chi connectivity index (χ2n) is 19.2. The lowest BCUT2D eigenvalue weighted by atomic mass is 9.44. The SMILES string of the molecule is CCOC(C1CCC2(C)C(CC3C4CCC5C(C)(C)C(OC6CN(CC7CNC7)CCO6)CCC56CC46CCC32C)O1)C(C)(C)O. The van der Waals surface area contributed by atoms with Crippen molar-refractivity contribution in [3.63, 3.8) is 0 Å². The van der Waals surface area contributed by atoms with Crippen LogP contribution >= 0.6 is 0 Å². The van der Waals surface area contributed by atoms with Crippen LogP contribution in [0.1, 0.15) is 113 Å². The molecule has 0 bridgehead atoms. The fourth-order valence-corrected chi connectivity index (χ4v) is 13.9. The fourth-order valence-electron chi connectivity index (χ4n) is 13.9. The van der Waals surface area contributed by atoms with Crippen LogP contribution in [-0.4, -0.2) is 92.3 Å². The highest BCUT2D eigenvalue weighted by molar-refractivity contribution is 5.30. The van der Waals surface area contributed by atoms with E-state index in [0.717, 1.165) is 62.9 Å². The summed E-state index contributed by atoms with van der Waals surface area (Å²) in [7, 11) is 0. The molecule has 0 aromatic rings. The molecule has 12 unspecified atom stereocenters. The Bertz CT molecular complexity index is 1150. The summed E-state index contributed by atoms with van der Waals surface area (Å²) in [6, 6.07) is 0. The fraction of sp³-hybridized carbons (Fsp3) is 1.00. The first-order valence-corrected chi connectivity index (χ1v) is 19.5. The van der Waals surface area contributed by atoms with Crippen LogP contribution in [0.4, 0.5) is 0 Å². The van der Waals surface area contributed by atoms with Gasteiger partial charge in [-0.2, -0.15) is 0 Å². The average molecular weight is 643 g/mol. The summed E-state index contributed by atoms with van der Waals surface area (Å²) >= 11 is 0. The number of nitrogens with zero attached hydrogens (tertiary/aromatic N) is 1. The molecule has 3 saturated heterocycles. The van der Waals surface area contributed by atoms with Crippen molar-refractivity contribution >= 4 is 0 Å². The van der Waals surface area contributed by atoms with Crippen LogP contribution in [0.5, 0.6) is 0 Å². The minimum Gasteiger partial charge on any atom is -0.388 e. The number of aliphatic hydroxyl groups is 1. The van der Waals surface area contributed by atoms with Gasteiger partial charge in [-0.3, -0.25) is 4.90 Å². The summed E-state index contributed by atoms with van der Waals surface area (Å²) in [6.45, 7) is 23.0. The number of nitrogens with one attached hydrogen (secondary N) is 1. The van der Waals surface area contributed by atoms with Crippen LogP contribution in [0, 0.1) is 50.7 Å². The maximum absolute atomic E-state index is 11.0. The number of rotatable bonds is 8. The lowest BCUT2D eigenvalue weighted by Crippen LogP contribution is -2.58. The maximum atomic E-state index is 11.0. The number of hydrogen-bond donors (Lipinski definition) is 2. The number of ether oxygens (including phenoxy) is 4. The van der Waals surface area contributed by atoms with Crippen LogP contribution < -0.4 is 5.32 Å². The normalized spacial score (nSPS) is 50.7. The Morgan fingerprint density at radius 1 is 0.957 bits per heavy atom. The van der Waals surface area contributed by atoms with E-state index in [9.17, 15) is 5.11 Å². The van der Waals surface area contributed by atoms with E-state index in [0.29, 0.717) is 22.9 Å². The molecule has 0 aromatic carbocycles. The molecule has 46 heavy (non-hydrogen) atoms. The smallest absolute Gasteiger partial charge is 0.170 e. The molecule has 3 aliphatic heterocycles. The predicted octanol–water partition coefficient (Wildman–Crippen LogP) is 6.02. The minimum absolute atomic E-state index is 0.0229. The van der Waals surface area contributed by atoms with Crippen LogP contribution in [0.15, 0.2) is 0 Å². The molecule has 0 aromatic heterocycles. The van der Waals surface area contributed by atoms with Crippen molar-refractivity contribution in [2.75, 3.05) is 45.9 Å². The molecule has 0 amide bonds. The highest BCUT2D eigenvalue weighted by Gasteiger charge is 2.81. The molecule has 2 spiro atoms. The van der Waals surface area contributed by atoms with Gasteiger partial charge in [0.05, 0.1) is 30.5 Å². The van der Waals surface area contributed by atoms with Gasteiger partial charge in [0.1, 0.15) is 6.10 Å². The Balaban J connectivity index is 0.969. The highest BCUT2D eigenvalue weighted by Crippen LogP contribution is 2.88. The summed E-state index contributed by atoms with van der Waals surface area (Å²) in [5, 5.41) is 14.4. The van der Waals surface area contributed by atoms with Gasteiger partial charge in [-0.1, -0.05) is 27.7 Å². The van der Waals surface area contributed by atoms with E-state index in [1.54, 1.807) is 0 Å². The van der Waals surface area contributed by atoms with Crippen LogP contribution in [0.2, 0.25) is 0 Å². The van der Waals surface area contributed by atoms with E-state index in [-0.39, 0.29) is 41.5 Å². The molecule has 8 rings (SSSR count). The summed E-state index contributed by atoms with van der Waals surface area (Å²) in [4.78, 5) is 2.59. The molecule has 5 saturated carbocycles. The molecule has 7 nitrogen and oxygen atoms in total. The first kappa shape index (κ1) is 32.9. The molecule has 5 aliphatic carbocycles. The van der Waals surface area contributed by atoms with E-state index < -0.39 is 5.60 Å². The van der Waals surface area contributed by atoms with Gasteiger partial charge < -0.3 is 29.4 Å². The van der Waals surface area contributed by atoms with E-state index in [2.05, 4.69) is 37.9 Å². The molecule has 8 fully saturated rings. The Morgan fingerprint density at radius 3 is 2.48 bits per heavy atom. The van der Waals surface area contributed by atoms with Gasteiger partial charge in [0, 0.05) is 39.3 Å². The molecule has 262 valence electrons. The molecule has 3 heterocycles. The molecular formula is C39H66N2O5. The topological polar surface area (TPSA) is 72.4 Å². The third-order valence-corrected chi connectivity index (χ3v) is 16.6. The quantitative estimate of drug-likeness (QED) is 0.336. The number of hydrogen-bond acceptors (Lipinski definition) is 7. The number of fused-ring (bicyclic) bond motifs is 4. The van der Waals surface area contributed by atoms with E-state index >= 15 is 0 Å². The lowest BCUT2D eigenvalue weighted by molar-refractivity contribution is -0.246. The second-order valence-corrected chi connectivity index (χ2v) is 19.2. The van der Waals surface area contributed by atoms with Crippen LogP contribution in [0.25, 0.3) is 0 Å². The van der Waals surface area contributed by atoms with Gasteiger partial charge in [-0.15, -0.1) is 0 Å². The van der Waals surface area contributed by atoms with E-state index in [1.807, 2.05) is 20.8 Å². The van der Waals surface area contributed by atoms with Crippen molar-refractivity contribution in [2.24, 2.45) is 50.7 Å². The predicted molar refractivity (Wildman–Crippen MR) is 179 cm³/mol. The Kier molecular flexibility index (Phi) is 7.94. The first-order valence-electron chi connectivity index (χ1n) is 19.5. The van der Waals surface area contributed by atoms with Crippen LogP contribution in [-0.2, 0) is 18.9 Å². The molecule has 2 N–H and O–H groups in total. The standard InChI is InChI=1S/C39H66N2O5/c1-8-43-33(35(4,5)42)28-11-13-37(7)31(45-28)19-27-26-9-10-29-34(2,3)30(12-14-39(29)24-38(26,39)16-15-36(27,37)6)46-32-23-41(17-18-44-32)22-25-20-40-21-25/h25-33,40,42H,8-24H2,1-7H3. The zero-order valence-corrected chi connectivity index (χ0v) is 30.2. The molecule has 8 aliphatic rings. The summed E-state index contributed by atoms with van der Waals surface area (Å²) in [5.74, 6) is 3.11. The van der Waals surface area contributed by atoms with Crippen molar-refractivity contribution in [1.82, 2.24) is 10.2 Å². The van der Waals surface area contributed by atoms with Crippen molar-refractivity contribution < 1.29 is 24.1 Å². The van der Waals surface area contributed by atoms with Crippen molar-refractivity contribution in [1.29, 1.82) is 0 Å². The van der Waals surface area contributed by atoms with Gasteiger partial charge in [-0.25, -0.2) is 0 Å². The largest absolute Gasteiger partial charge is 0.388 e. The Labute approximate surface area is 279 Å². The molecule has 7 heteroatoms. The maximum Gasteiger partial charge on any atom is 0.170 e. The van der Waals surface area contributed by atoms with Gasteiger partial charge >= 0.3 is 0 Å². The zero-order chi connectivity index (χ0) is 32.3. The van der Waals surface area contributed by atoms with Gasteiger partial charge in [-0.05, 0) is 136 Å². The average Bonchev–Trinajstić information content (AvgIpc) is 3.59.